The van der Waals surface area contributed by atoms with E-state index in [1.807, 2.05) is 24.3 Å². The number of nitrogens with zero attached hydrogens (tertiary/aromatic N) is 1. The summed E-state index contributed by atoms with van der Waals surface area (Å²) in [4.78, 5) is 2.77. The van der Waals surface area contributed by atoms with Crippen molar-refractivity contribution in [1.29, 1.82) is 0 Å². The maximum Gasteiger partial charge on any atom is 0.103 e. The summed E-state index contributed by atoms with van der Waals surface area (Å²) in [5.74, 6) is 0.785. The first-order chi connectivity index (χ1) is 9.60. The van der Waals surface area contributed by atoms with E-state index in [1.54, 1.807) is 0 Å². The molecule has 1 heterocycles. The highest BCUT2D eigenvalue weighted by atomic mass is 32.1. The molecule has 0 amide bonds. The standard InChI is InChI=1S/C16H24N2OS/c1-2-12-4-3-9-18(10-12)11-15(19)13-5-7-14(8-6-13)16(17)20/h5-8,12,15,19H,2-4,9-11H2,1H3,(H2,17,20). The molecular formula is C16H24N2OS. The fraction of sp³-hybridized carbons (Fsp3) is 0.562. The second kappa shape index (κ2) is 7.16. The molecule has 3 nitrogen and oxygen atoms in total. The van der Waals surface area contributed by atoms with E-state index < -0.39 is 6.10 Å². The normalized spacial score (nSPS) is 21.6. The number of thiocarbonyl (C=S) groups is 1. The molecule has 1 saturated heterocycles. The Morgan fingerprint density at radius 3 is 2.75 bits per heavy atom. The van der Waals surface area contributed by atoms with Gasteiger partial charge in [0.15, 0.2) is 0 Å². The van der Waals surface area contributed by atoms with E-state index >= 15 is 0 Å². The molecule has 0 bridgehead atoms. The molecule has 2 rings (SSSR count). The third-order valence-electron chi connectivity index (χ3n) is 4.19. The van der Waals surface area contributed by atoms with Crippen molar-refractivity contribution in [2.45, 2.75) is 32.3 Å². The molecule has 1 aromatic rings. The molecule has 1 aliphatic rings. The molecule has 4 heteroatoms. The predicted molar refractivity (Wildman–Crippen MR) is 86.7 cm³/mol. The number of piperidine rings is 1. The van der Waals surface area contributed by atoms with Crippen molar-refractivity contribution in [3.8, 4) is 0 Å². The van der Waals surface area contributed by atoms with Gasteiger partial charge in [-0.2, -0.15) is 0 Å². The van der Waals surface area contributed by atoms with Gasteiger partial charge in [-0.3, -0.25) is 0 Å². The van der Waals surface area contributed by atoms with Gasteiger partial charge in [0, 0.05) is 18.7 Å². The predicted octanol–water partition coefficient (Wildman–Crippen LogP) is 2.48. The van der Waals surface area contributed by atoms with Crippen LogP contribution in [0.4, 0.5) is 0 Å². The van der Waals surface area contributed by atoms with Crippen molar-refractivity contribution in [3.05, 3.63) is 35.4 Å². The third-order valence-corrected chi connectivity index (χ3v) is 4.43. The highest BCUT2D eigenvalue weighted by Gasteiger charge is 2.21. The summed E-state index contributed by atoms with van der Waals surface area (Å²) >= 11 is 4.94. The van der Waals surface area contributed by atoms with Crippen LogP contribution in [0, 0.1) is 5.92 Å². The Kier molecular flexibility index (Phi) is 5.52. The van der Waals surface area contributed by atoms with E-state index in [4.69, 9.17) is 18.0 Å². The van der Waals surface area contributed by atoms with Crippen LogP contribution in [-0.4, -0.2) is 34.6 Å². The average Bonchev–Trinajstić information content (AvgIpc) is 2.47. The monoisotopic (exact) mass is 292 g/mol. The van der Waals surface area contributed by atoms with Crippen molar-refractivity contribution < 1.29 is 5.11 Å². The number of likely N-dealkylation sites (tertiary alicyclic amines) is 1. The summed E-state index contributed by atoms with van der Waals surface area (Å²) in [6.45, 7) is 5.17. The fourth-order valence-corrected chi connectivity index (χ4v) is 3.01. The Morgan fingerprint density at radius 1 is 1.45 bits per heavy atom. The Morgan fingerprint density at radius 2 is 2.15 bits per heavy atom. The number of hydrogen-bond acceptors (Lipinski definition) is 3. The molecule has 1 fully saturated rings. The van der Waals surface area contributed by atoms with Crippen LogP contribution in [0.15, 0.2) is 24.3 Å². The molecule has 1 aromatic carbocycles. The zero-order chi connectivity index (χ0) is 14.5. The second-order valence-corrected chi connectivity index (χ2v) is 6.12. The smallest absolute Gasteiger partial charge is 0.103 e. The van der Waals surface area contributed by atoms with Crippen LogP contribution in [0.3, 0.4) is 0 Å². The minimum absolute atomic E-state index is 0.396. The molecular weight excluding hydrogens is 268 g/mol. The lowest BCUT2D eigenvalue weighted by Crippen LogP contribution is -2.37. The maximum absolute atomic E-state index is 10.4. The van der Waals surface area contributed by atoms with Crippen molar-refractivity contribution in [2.75, 3.05) is 19.6 Å². The molecule has 0 aromatic heterocycles. The van der Waals surface area contributed by atoms with Crippen LogP contribution in [0.1, 0.15) is 43.4 Å². The molecule has 2 atom stereocenters. The van der Waals surface area contributed by atoms with Gasteiger partial charge in [-0.15, -0.1) is 0 Å². The van der Waals surface area contributed by atoms with E-state index in [0.717, 1.165) is 30.1 Å². The SMILES string of the molecule is CCC1CCCN(CC(O)c2ccc(C(N)=S)cc2)C1. The molecule has 0 aliphatic carbocycles. The number of benzene rings is 1. The topological polar surface area (TPSA) is 49.5 Å². The molecule has 2 unspecified atom stereocenters. The molecule has 3 N–H and O–H groups in total. The van der Waals surface area contributed by atoms with Crippen molar-refractivity contribution >= 4 is 17.2 Å². The summed E-state index contributed by atoms with van der Waals surface area (Å²) in [6, 6.07) is 7.60. The number of hydrogen-bond donors (Lipinski definition) is 2. The van der Waals surface area contributed by atoms with Crippen LogP contribution >= 0.6 is 12.2 Å². The van der Waals surface area contributed by atoms with Gasteiger partial charge in [-0.1, -0.05) is 49.8 Å². The molecule has 0 saturated carbocycles. The van der Waals surface area contributed by atoms with Gasteiger partial charge in [0.05, 0.1) is 6.10 Å². The zero-order valence-electron chi connectivity index (χ0n) is 12.1. The maximum atomic E-state index is 10.4. The van der Waals surface area contributed by atoms with Crippen LogP contribution in [0.5, 0.6) is 0 Å². The number of rotatable bonds is 5. The quantitative estimate of drug-likeness (QED) is 0.819. The van der Waals surface area contributed by atoms with Crippen molar-refractivity contribution in [2.24, 2.45) is 11.7 Å². The van der Waals surface area contributed by atoms with Crippen LogP contribution in [0.25, 0.3) is 0 Å². The second-order valence-electron chi connectivity index (χ2n) is 5.68. The minimum Gasteiger partial charge on any atom is -0.389 e. The molecule has 110 valence electrons. The zero-order valence-corrected chi connectivity index (χ0v) is 12.9. The van der Waals surface area contributed by atoms with Crippen molar-refractivity contribution in [1.82, 2.24) is 4.90 Å². The summed E-state index contributed by atoms with van der Waals surface area (Å²) < 4.78 is 0. The Bertz CT molecular complexity index is 446. The number of aliphatic hydroxyl groups is 1. The summed E-state index contributed by atoms with van der Waals surface area (Å²) in [6.07, 6.45) is 3.36. The lowest BCUT2D eigenvalue weighted by Gasteiger charge is -2.33. The van der Waals surface area contributed by atoms with Crippen molar-refractivity contribution in [3.63, 3.8) is 0 Å². The van der Waals surface area contributed by atoms with Gasteiger partial charge in [-0.05, 0) is 30.9 Å². The minimum atomic E-state index is -0.439. The number of β-amino-alcohol motifs (C(OH)–C–C–N with tert-alkyl or cyclic N) is 1. The van der Waals surface area contributed by atoms with Crippen LogP contribution in [-0.2, 0) is 0 Å². The summed E-state index contributed by atoms with van der Waals surface area (Å²) in [5, 5.41) is 10.4. The first kappa shape index (κ1) is 15.4. The Labute approximate surface area is 126 Å². The highest BCUT2D eigenvalue weighted by Crippen LogP contribution is 2.22. The molecule has 1 aliphatic heterocycles. The fourth-order valence-electron chi connectivity index (χ4n) is 2.87. The van der Waals surface area contributed by atoms with Gasteiger partial charge in [0.1, 0.15) is 4.99 Å². The van der Waals surface area contributed by atoms with E-state index in [9.17, 15) is 5.11 Å². The van der Waals surface area contributed by atoms with Gasteiger partial charge < -0.3 is 15.7 Å². The van der Waals surface area contributed by atoms with Gasteiger partial charge in [-0.25, -0.2) is 0 Å². The van der Waals surface area contributed by atoms with E-state index in [-0.39, 0.29) is 0 Å². The summed E-state index contributed by atoms with van der Waals surface area (Å²) in [7, 11) is 0. The van der Waals surface area contributed by atoms with E-state index in [0.29, 0.717) is 11.5 Å². The number of nitrogens with two attached hydrogens (primary N) is 1. The molecule has 20 heavy (non-hydrogen) atoms. The Balaban J connectivity index is 1.93. The van der Waals surface area contributed by atoms with E-state index in [2.05, 4.69) is 11.8 Å². The van der Waals surface area contributed by atoms with Crippen LogP contribution in [0.2, 0.25) is 0 Å². The lowest BCUT2D eigenvalue weighted by molar-refractivity contribution is 0.0836. The first-order valence-electron chi connectivity index (χ1n) is 7.40. The Hall–Kier alpha value is -0.970. The molecule has 0 radical (unpaired) electrons. The first-order valence-corrected chi connectivity index (χ1v) is 7.81. The highest BCUT2D eigenvalue weighted by molar-refractivity contribution is 7.80. The summed E-state index contributed by atoms with van der Waals surface area (Å²) in [5.41, 5.74) is 7.36. The van der Waals surface area contributed by atoms with Crippen LogP contribution < -0.4 is 5.73 Å². The largest absolute Gasteiger partial charge is 0.389 e. The lowest BCUT2D eigenvalue weighted by atomic mass is 9.95. The third kappa shape index (κ3) is 4.01. The average molecular weight is 292 g/mol. The van der Waals surface area contributed by atoms with Gasteiger partial charge >= 0.3 is 0 Å². The van der Waals surface area contributed by atoms with E-state index in [1.165, 1.54) is 19.3 Å². The number of aliphatic hydroxyl groups excluding tert-OH is 1. The van der Waals surface area contributed by atoms with Gasteiger partial charge in [0.2, 0.25) is 0 Å². The molecule has 0 spiro atoms. The van der Waals surface area contributed by atoms with Gasteiger partial charge in [0.25, 0.3) is 0 Å².